The van der Waals surface area contributed by atoms with Crippen LogP contribution in [0.25, 0.3) is 0 Å². The van der Waals surface area contributed by atoms with Crippen molar-refractivity contribution in [3.8, 4) is 11.8 Å². The number of nitrogens with zero attached hydrogens (tertiary/aromatic N) is 3. The fraction of sp³-hybridized carbons (Fsp3) is 0.667. The molecule has 1 N–H and O–H groups in total. The molecule has 0 amide bonds. The molecule has 7 heteroatoms. The summed E-state index contributed by atoms with van der Waals surface area (Å²) >= 11 is 0. The molecule has 0 fully saturated rings. The summed E-state index contributed by atoms with van der Waals surface area (Å²) in [5.41, 5.74) is 0. The Hall–Kier alpha value is -1.60. The normalized spacial score (nSPS) is 10.6. The Kier molecular flexibility index (Phi) is 6.91. The lowest BCUT2D eigenvalue weighted by Gasteiger charge is -2.16. The summed E-state index contributed by atoms with van der Waals surface area (Å²) in [6.45, 7) is 3.21. The van der Waals surface area contributed by atoms with E-state index < -0.39 is 0 Å². The van der Waals surface area contributed by atoms with Gasteiger partial charge < -0.3 is 24.4 Å². The van der Waals surface area contributed by atoms with E-state index in [4.69, 9.17) is 14.2 Å². The average molecular weight is 270 g/mol. The fourth-order valence-corrected chi connectivity index (χ4v) is 1.41. The highest BCUT2D eigenvalue weighted by Crippen LogP contribution is 2.16. The Bertz CT molecular complexity index is 354. The lowest BCUT2D eigenvalue weighted by molar-refractivity contribution is 0.163. The van der Waals surface area contributed by atoms with Crippen LogP contribution in [0.2, 0.25) is 0 Å². The summed E-state index contributed by atoms with van der Waals surface area (Å²) in [5, 5.41) is 3.14. The summed E-state index contributed by atoms with van der Waals surface area (Å²) in [7, 11) is 6.85. The zero-order chi connectivity index (χ0) is 14.1. The smallest absolute Gasteiger partial charge is 0.229 e. The molecule has 0 bridgehead atoms. The van der Waals surface area contributed by atoms with Gasteiger partial charge in [-0.25, -0.2) is 0 Å². The van der Waals surface area contributed by atoms with Crippen LogP contribution in [-0.4, -0.2) is 69.5 Å². The van der Waals surface area contributed by atoms with Crippen molar-refractivity contribution in [3.63, 3.8) is 0 Å². The van der Waals surface area contributed by atoms with E-state index in [9.17, 15) is 0 Å². The van der Waals surface area contributed by atoms with Gasteiger partial charge in [-0.05, 0) is 7.05 Å². The molecule has 19 heavy (non-hydrogen) atoms. The van der Waals surface area contributed by atoms with E-state index in [1.807, 2.05) is 7.05 Å². The highest BCUT2D eigenvalue weighted by atomic mass is 16.5. The lowest BCUT2D eigenvalue weighted by atomic mass is 10.5. The number of likely N-dealkylation sites (N-methyl/N-ethyl adjacent to an activating group) is 1. The van der Waals surface area contributed by atoms with Crippen molar-refractivity contribution in [3.05, 3.63) is 6.07 Å². The predicted molar refractivity (Wildman–Crippen MR) is 73.0 cm³/mol. The summed E-state index contributed by atoms with van der Waals surface area (Å²) in [5.74, 6) is 1.44. The average Bonchev–Trinajstić information content (AvgIpc) is 2.44. The van der Waals surface area contributed by atoms with Gasteiger partial charge in [0.1, 0.15) is 0 Å². The van der Waals surface area contributed by atoms with Crippen molar-refractivity contribution >= 4 is 5.95 Å². The second-order valence-corrected chi connectivity index (χ2v) is 4.00. The molecule has 1 aromatic heterocycles. The number of methoxy groups -OCH3 is 3. The Labute approximate surface area is 113 Å². The standard InChI is InChI=1S/C12H22N4O3/c1-16(7-8-17-2)6-5-13-12-14-10(18-3)9-11(15-12)19-4/h9H,5-8H2,1-4H3,(H,13,14,15). The van der Waals surface area contributed by atoms with E-state index in [0.29, 0.717) is 17.7 Å². The van der Waals surface area contributed by atoms with Gasteiger partial charge in [0.05, 0.1) is 26.9 Å². The van der Waals surface area contributed by atoms with Gasteiger partial charge in [0.25, 0.3) is 0 Å². The van der Waals surface area contributed by atoms with Gasteiger partial charge in [-0.15, -0.1) is 0 Å². The first kappa shape index (κ1) is 15.5. The highest BCUT2D eigenvalue weighted by molar-refractivity contribution is 5.33. The summed E-state index contributed by atoms with van der Waals surface area (Å²) in [6.07, 6.45) is 0. The van der Waals surface area contributed by atoms with E-state index in [2.05, 4.69) is 20.2 Å². The number of aromatic nitrogens is 2. The largest absolute Gasteiger partial charge is 0.481 e. The van der Waals surface area contributed by atoms with Crippen LogP contribution in [0, 0.1) is 0 Å². The molecule has 1 aromatic rings. The molecule has 0 spiro atoms. The van der Waals surface area contributed by atoms with Crippen molar-refractivity contribution in [2.24, 2.45) is 0 Å². The van der Waals surface area contributed by atoms with Crippen molar-refractivity contribution < 1.29 is 14.2 Å². The van der Waals surface area contributed by atoms with Crippen LogP contribution in [-0.2, 0) is 4.74 Å². The lowest BCUT2D eigenvalue weighted by Crippen LogP contribution is -2.28. The number of anilines is 1. The van der Waals surface area contributed by atoms with Gasteiger partial charge in [-0.2, -0.15) is 9.97 Å². The van der Waals surface area contributed by atoms with E-state index in [0.717, 1.165) is 26.2 Å². The molecule has 0 saturated heterocycles. The quantitative estimate of drug-likeness (QED) is 0.700. The van der Waals surface area contributed by atoms with Crippen LogP contribution in [0.15, 0.2) is 6.07 Å². The third kappa shape index (κ3) is 5.71. The molecule has 1 rings (SSSR count). The third-order valence-corrected chi connectivity index (χ3v) is 2.55. The first-order valence-electron chi connectivity index (χ1n) is 6.08. The summed E-state index contributed by atoms with van der Waals surface area (Å²) in [6, 6.07) is 1.63. The topological polar surface area (TPSA) is 68.7 Å². The molecule has 0 aliphatic rings. The predicted octanol–water partition coefficient (Wildman–Crippen LogP) is 0.484. The SMILES string of the molecule is COCCN(C)CCNc1nc(OC)cc(OC)n1. The van der Waals surface area contributed by atoms with E-state index in [1.54, 1.807) is 27.4 Å². The molecule has 0 atom stereocenters. The van der Waals surface area contributed by atoms with Gasteiger partial charge in [0, 0.05) is 26.7 Å². The number of hydrogen-bond donors (Lipinski definition) is 1. The minimum atomic E-state index is 0.474. The summed E-state index contributed by atoms with van der Waals surface area (Å²) in [4.78, 5) is 10.5. The maximum Gasteiger partial charge on any atom is 0.229 e. The first-order chi connectivity index (χ1) is 9.19. The monoisotopic (exact) mass is 270 g/mol. The summed E-state index contributed by atoms with van der Waals surface area (Å²) < 4.78 is 15.2. The van der Waals surface area contributed by atoms with Crippen LogP contribution in [0.4, 0.5) is 5.95 Å². The van der Waals surface area contributed by atoms with Crippen molar-refractivity contribution in [1.29, 1.82) is 0 Å². The molecule has 1 heterocycles. The second kappa shape index (κ2) is 8.49. The molecular weight excluding hydrogens is 248 g/mol. The Morgan fingerprint density at radius 1 is 1.11 bits per heavy atom. The molecule has 0 saturated carbocycles. The molecule has 0 aromatic carbocycles. The van der Waals surface area contributed by atoms with E-state index in [-0.39, 0.29) is 0 Å². The highest BCUT2D eigenvalue weighted by Gasteiger charge is 2.05. The van der Waals surface area contributed by atoms with Gasteiger partial charge in [-0.3, -0.25) is 0 Å². The van der Waals surface area contributed by atoms with Crippen LogP contribution < -0.4 is 14.8 Å². The van der Waals surface area contributed by atoms with Gasteiger partial charge in [0.15, 0.2) is 0 Å². The minimum absolute atomic E-state index is 0.474. The number of rotatable bonds is 9. The third-order valence-electron chi connectivity index (χ3n) is 2.55. The molecule has 0 unspecified atom stereocenters. The van der Waals surface area contributed by atoms with Gasteiger partial charge in [0.2, 0.25) is 17.7 Å². The molecular formula is C12H22N4O3. The van der Waals surface area contributed by atoms with Crippen LogP contribution in [0.5, 0.6) is 11.8 Å². The van der Waals surface area contributed by atoms with Crippen LogP contribution in [0.3, 0.4) is 0 Å². The Morgan fingerprint density at radius 2 is 1.74 bits per heavy atom. The second-order valence-electron chi connectivity index (χ2n) is 4.00. The maximum atomic E-state index is 5.08. The van der Waals surface area contributed by atoms with Crippen molar-refractivity contribution in [1.82, 2.24) is 14.9 Å². The molecule has 0 aliphatic heterocycles. The minimum Gasteiger partial charge on any atom is -0.481 e. The van der Waals surface area contributed by atoms with Crippen molar-refractivity contribution in [2.75, 3.05) is 59.9 Å². The molecule has 0 aliphatic carbocycles. The Morgan fingerprint density at radius 3 is 2.26 bits per heavy atom. The van der Waals surface area contributed by atoms with E-state index in [1.165, 1.54) is 0 Å². The van der Waals surface area contributed by atoms with Crippen LogP contribution >= 0.6 is 0 Å². The first-order valence-corrected chi connectivity index (χ1v) is 6.08. The molecule has 108 valence electrons. The van der Waals surface area contributed by atoms with E-state index >= 15 is 0 Å². The van der Waals surface area contributed by atoms with Crippen molar-refractivity contribution in [2.45, 2.75) is 0 Å². The number of hydrogen-bond acceptors (Lipinski definition) is 7. The van der Waals surface area contributed by atoms with Gasteiger partial charge in [-0.1, -0.05) is 0 Å². The number of ether oxygens (including phenoxy) is 3. The Balaban J connectivity index is 2.44. The maximum absolute atomic E-state index is 5.08. The van der Waals surface area contributed by atoms with Crippen LogP contribution in [0.1, 0.15) is 0 Å². The zero-order valence-electron chi connectivity index (χ0n) is 12.0. The number of nitrogens with one attached hydrogen (secondary N) is 1. The zero-order valence-corrected chi connectivity index (χ0v) is 12.0. The van der Waals surface area contributed by atoms with Gasteiger partial charge >= 0.3 is 0 Å². The molecule has 7 nitrogen and oxygen atoms in total. The fourth-order valence-electron chi connectivity index (χ4n) is 1.41. The molecule has 0 radical (unpaired) electrons.